The number of benzene rings is 1. The second kappa shape index (κ2) is 8.34. The van der Waals surface area contributed by atoms with Crippen molar-refractivity contribution in [2.45, 2.75) is 10.4 Å². The van der Waals surface area contributed by atoms with Crippen LogP contribution in [0.25, 0.3) is 5.69 Å². The van der Waals surface area contributed by atoms with Crippen LogP contribution < -0.4 is 0 Å². The fraction of sp³-hybridized carbons (Fsp3) is 0.400. The first kappa shape index (κ1) is 17.7. The molecule has 1 aliphatic heterocycles. The van der Waals surface area contributed by atoms with Crippen molar-refractivity contribution < 1.29 is 14.3 Å². The summed E-state index contributed by atoms with van der Waals surface area (Å²) in [5.74, 6) is 0.606. The number of methoxy groups -OCH3 is 1. The predicted molar refractivity (Wildman–Crippen MR) is 94.7 cm³/mol. The van der Waals surface area contributed by atoms with Crippen molar-refractivity contribution in [3.05, 3.63) is 30.3 Å². The summed E-state index contributed by atoms with van der Waals surface area (Å²) in [6.45, 7) is 1.00. The van der Waals surface area contributed by atoms with Crippen LogP contribution in [0.5, 0.6) is 0 Å². The molecule has 0 N–H and O–H groups in total. The quantitative estimate of drug-likeness (QED) is 0.558. The summed E-state index contributed by atoms with van der Waals surface area (Å²) < 4.78 is 6.37. The molecule has 1 aromatic heterocycles. The lowest BCUT2D eigenvalue weighted by Gasteiger charge is -2.30. The Morgan fingerprint density at radius 3 is 2.92 bits per heavy atom. The number of ether oxygens (including phenoxy) is 1. The predicted octanol–water partition coefficient (Wildman–Crippen LogP) is 0.871. The molecule has 0 bridgehead atoms. The minimum Gasteiger partial charge on any atom is -0.468 e. The van der Waals surface area contributed by atoms with E-state index in [0.717, 1.165) is 11.4 Å². The molecule has 2 heterocycles. The van der Waals surface area contributed by atoms with Gasteiger partial charge in [0.1, 0.15) is 5.25 Å². The van der Waals surface area contributed by atoms with Crippen molar-refractivity contribution in [3.8, 4) is 5.69 Å². The number of esters is 1. The molecule has 1 atom stereocenters. The zero-order valence-corrected chi connectivity index (χ0v) is 15.2. The normalized spacial score (nSPS) is 17.3. The zero-order chi connectivity index (χ0) is 17.6. The zero-order valence-electron chi connectivity index (χ0n) is 13.6. The Balaban J connectivity index is 1.60. The molecule has 2 aromatic rings. The Morgan fingerprint density at radius 2 is 2.16 bits per heavy atom. The minimum atomic E-state index is -0.317. The number of thioether (sulfide) groups is 2. The molecular weight excluding hydrogens is 362 g/mol. The Hall–Kier alpha value is -2.07. The van der Waals surface area contributed by atoms with Crippen LogP contribution in [-0.4, -0.2) is 73.9 Å². The maximum Gasteiger partial charge on any atom is 0.320 e. The van der Waals surface area contributed by atoms with Gasteiger partial charge in [0.2, 0.25) is 11.1 Å². The van der Waals surface area contributed by atoms with Crippen LogP contribution >= 0.6 is 23.5 Å². The maximum absolute atomic E-state index is 12.5. The van der Waals surface area contributed by atoms with Crippen molar-refractivity contribution in [2.24, 2.45) is 0 Å². The largest absolute Gasteiger partial charge is 0.468 e. The van der Waals surface area contributed by atoms with Gasteiger partial charge in [-0.2, -0.15) is 4.68 Å². The van der Waals surface area contributed by atoms with Crippen LogP contribution in [0.2, 0.25) is 0 Å². The first-order valence-corrected chi connectivity index (χ1v) is 9.66. The summed E-state index contributed by atoms with van der Waals surface area (Å²) in [6.07, 6.45) is 0. The average Bonchev–Trinajstić information content (AvgIpc) is 3.15. The summed E-state index contributed by atoms with van der Waals surface area (Å²) in [6, 6.07) is 9.50. The highest BCUT2D eigenvalue weighted by molar-refractivity contribution is 8.00. The number of tetrazole rings is 1. The lowest BCUT2D eigenvalue weighted by molar-refractivity contribution is -0.141. The first-order valence-electron chi connectivity index (χ1n) is 7.63. The number of carbonyl (C=O) groups is 2. The number of amides is 1. The maximum atomic E-state index is 12.5. The van der Waals surface area contributed by atoms with E-state index >= 15 is 0 Å². The summed E-state index contributed by atoms with van der Waals surface area (Å²) in [5.41, 5.74) is 0.836. The number of rotatable bonds is 5. The SMILES string of the molecule is COC(=O)[C@H]1CN(C(=O)CSc2nnnn2-c2ccccc2)CCS1. The van der Waals surface area contributed by atoms with Crippen LogP contribution in [0.1, 0.15) is 0 Å². The Labute approximate surface area is 153 Å². The van der Waals surface area contributed by atoms with Crippen molar-refractivity contribution in [3.63, 3.8) is 0 Å². The molecule has 1 saturated heterocycles. The second-order valence-corrected chi connectivity index (χ2v) is 7.47. The molecule has 1 aliphatic rings. The molecule has 0 saturated carbocycles. The van der Waals surface area contributed by atoms with Gasteiger partial charge < -0.3 is 9.64 Å². The van der Waals surface area contributed by atoms with Crippen LogP contribution in [0.3, 0.4) is 0 Å². The molecule has 10 heteroatoms. The summed E-state index contributed by atoms with van der Waals surface area (Å²) in [7, 11) is 1.36. The molecule has 132 valence electrons. The van der Waals surface area contributed by atoms with Crippen molar-refractivity contribution in [1.82, 2.24) is 25.1 Å². The molecule has 3 rings (SSSR count). The number of carbonyl (C=O) groups excluding carboxylic acids is 2. The van der Waals surface area contributed by atoms with Crippen molar-refractivity contribution >= 4 is 35.4 Å². The van der Waals surface area contributed by atoms with E-state index in [2.05, 4.69) is 15.5 Å². The van der Waals surface area contributed by atoms with E-state index in [1.54, 1.807) is 9.58 Å². The van der Waals surface area contributed by atoms with Crippen molar-refractivity contribution in [1.29, 1.82) is 0 Å². The lowest BCUT2D eigenvalue weighted by Crippen LogP contribution is -2.45. The molecule has 1 aromatic carbocycles. The fourth-order valence-corrected chi connectivity index (χ4v) is 4.29. The molecule has 1 amide bonds. The number of aromatic nitrogens is 4. The van der Waals surface area contributed by atoms with E-state index in [1.165, 1.54) is 30.6 Å². The molecule has 25 heavy (non-hydrogen) atoms. The minimum absolute atomic E-state index is 0.0400. The third-order valence-corrected chi connectivity index (χ3v) is 5.72. The molecule has 0 radical (unpaired) electrons. The van der Waals surface area contributed by atoms with Gasteiger partial charge in [0.15, 0.2) is 0 Å². The van der Waals surface area contributed by atoms with E-state index in [0.29, 0.717) is 18.2 Å². The van der Waals surface area contributed by atoms with Gasteiger partial charge in [-0.25, -0.2) is 0 Å². The molecule has 8 nitrogen and oxygen atoms in total. The third-order valence-electron chi connectivity index (χ3n) is 3.65. The van der Waals surface area contributed by atoms with E-state index in [9.17, 15) is 9.59 Å². The molecule has 0 spiro atoms. The van der Waals surface area contributed by atoms with Crippen LogP contribution in [0.4, 0.5) is 0 Å². The van der Waals surface area contributed by atoms with E-state index in [1.807, 2.05) is 30.3 Å². The number of hydrogen-bond donors (Lipinski definition) is 0. The number of hydrogen-bond acceptors (Lipinski definition) is 8. The Bertz CT molecular complexity index is 740. The standard InChI is InChI=1S/C15H17N5O3S2/c1-23-14(22)12-9-19(7-8-24-12)13(21)10-25-15-16-17-18-20(15)11-5-3-2-4-6-11/h2-6,12H,7-10H2,1H3/t12-/m1/s1. The van der Waals surface area contributed by atoms with Crippen LogP contribution in [0.15, 0.2) is 35.5 Å². The Kier molecular flexibility index (Phi) is 5.92. The van der Waals surface area contributed by atoms with Gasteiger partial charge in [0.05, 0.1) is 18.6 Å². The number of nitrogens with zero attached hydrogens (tertiary/aromatic N) is 5. The molecular formula is C15H17N5O3S2. The topological polar surface area (TPSA) is 90.2 Å². The lowest BCUT2D eigenvalue weighted by atomic mass is 10.3. The summed E-state index contributed by atoms with van der Waals surface area (Å²) >= 11 is 2.80. The highest BCUT2D eigenvalue weighted by Gasteiger charge is 2.29. The van der Waals surface area contributed by atoms with Gasteiger partial charge in [-0.05, 0) is 22.6 Å². The molecule has 0 unspecified atom stereocenters. The highest BCUT2D eigenvalue weighted by Crippen LogP contribution is 2.22. The first-order chi connectivity index (χ1) is 12.2. The van der Waals surface area contributed by atoms with Gasteiger partial charge in [-0.15, -0.1) is 16.9 Å². The van der Waals surface area contributed by atoms with Crippen LogP contribution in [0, 0.1) is 0 Å². The van der Waals surface area contributed by atoms with Gasteiger partial charge in [0.25, 0.3) is 0 Å². The van der Waals surface area contributed by atoms with E-state index in [4.69, 9.17) is 4.74 Å². The van der Waals surface area contributed by atoms with Gasteiger partial charge >= 0.3 is 5.97 Å². The van der Waals surface area contributed by atoms with E-state index in [-0.39, 0.29) is 22.9 Å². The van der Waals surface area contributed by atoms with E-state index < -0.39 is 0 Å². The van der Waals surface area contributed by atoms with Gasteiger partial charge in [-0.1, -0.05) is 30.0 Å². The van der Waals surface area contributed by atoms with Crippen LogP contribution in [-0.2, 0) is 14.3 Å². The van der Waals surface area contributed by atoms with Crippen molar-refractivity contribution in [2.75, 3.05) is 31.7 Å². The fourth-order valence-electron chi connectivity index (χ4n) is 2.37. The molecule has 0 aliphatic carbocycles. The third kappa shape index (κ3) is 4.31. The second-order valence-electron chi connectivity index (χ2n) is 5.22. The monoisotopic (exact) mass is 379 g/mol. The summed E-state index contributed by atoms with van der Waals surface area (Å²) in [4.78, 5) is 25.8. The Morgan fingerprint density at radius 1 is 1.36 bits per heavy atom. The average molecular weight is 379 g/mol. The smallest absolute Gasteiger partial charge is 0.320 e. The van der Waals surface area contributed by atoms with Gasteiger partial charge in [-0.3, -0.25) is 9.59 Å². The van der Waals surface area contributed by atoms with Gasteiger partial charge in [0, 0.05) is 18.8 Å². The number of para-hydroxylation sites is 1. The molecule has 1 fully saturated rings. The summed E-state index contributed by atoms with van der Waals surface area (Å²) in [5, 5.41) is 11.9. The highest BCUT2D eigenvalue weighted by atomic mass is 32.2.